The first-order chi connectivity index (χ1) is 16.9. The lowest BCUT2D eigenvalue weighted by atomic mass is 10.0. The minimum absolute atomic E-state index is 0.0940. The number of primary amides is 1. The molecule has 0 unspecified atom stereocenters. The largest absolute Gasteiger partial charge is 0.456 e. The van der Waals surface area contributed by atoms with E-state index in [1.807, 2.05) is 0 Å². The number of halogens is 1. The number of ether oxygens (including phenoxy) is 1. The van der Waals surface area contributed by atoms with Gasteiger partial charge in [0.2, 0.25) is 15.6 Å². The number of sulfonamides is 1. The number of carbonyl (C=O) groups is 1. The minimum Gasteiger partial charge on any atom is -0.456 e. The molecule has 2 heterocycles. The molecule has 4 rings (SSSR count). The summed E-state index contributed by atoms with van der Waals surface area (Å²) in [6, 6.07) is 8.68. The highest BCUT2D eigenvalue weighted by Crippen LogP contribution is 2.40. The van der Waals surface area contributed by atoms with Crippen molar-refractivity contribution in [3.8, 4) is 22.6 Å². The van der Waals surface area contributed by atoms with Gasteiger partial charge >= 0.3 is 0 Å². The predicted octanol–water partition coefficient (Wildman–Crippen LogP) is 4.21. The van der Waals surface area contributed by atoms with Crippen LogP contribution in [0, 0.1) is 19.7 Å². The van der Waals surface area contributed by atoms with Crippen molar-refractivity contribution in [1.82, 2.24) is 4.57 Å². The summed E-state index contributed by atoms with van der Waals surface area (Å²) in [5.41, 5.74) is 6.97. The van der Waals surface area contributed by atoms with Crippen LogP contribution in [0.3, 0.4) is 0 Å². The normalized spacial score (nSPS) is 11.6. The lowest BCUT2D eigenvalue weighted by molar-refractivity contribution is 0.0976. The fourth-order valence-electron chi connectivity index (χ4n) is 3.88. The Kier molecular flexibility index (Phi) is 6.35. The number of fused-ring (bicyclic) bond motifs is 1. The Balaban J connectivity index is 2.00. The molecule has 0 fully saturated rings. The fourth-order valence-corrected chi connectivity index (χ4v) is 4.51. The Hall–Kier alpha value is -4.12. The highest BCUT2D eigenvalue weighted by atomic mass is 32.2. The van der Waals surface area contributed by atoms with Crippen molar-refractivity contribution in [1.29, 1.82) is 0 Å². The van der Waals surface area contributed by atoms with Crippen LogP contribution >= 0.6 is 0 Å². The Bertz CT molecular complexity index is 1670. The zero-order valence-electron chi connectivity index (χ0n) is 20.0. The van der Waals surface area contributed by atoms with Gasteiger partial charge in [-0.25, -0.2) is 12.8 Å². The van der Waals surface area contributed by atoms with Gasteiger partial charge in [0, 0.05) is 35.4 Å². The summed E-state index contributed by atoms with van der Waals surface area (Å²) in [7, 11) is -2.08. The smallest absolute Gasteiger partial charge is 0.293 e. The third-order valence-corrected chi connectivity index (χ3v) is 6.97. The molecule has 0 aliphatic rings. The van der Waals surface area contributed by atoms with Crippen LogP contribution in [0.1, 0.15) is 28.6 Å². The van der Waals surface area contributed by atoms with E-state index in [-0.39, 0.29) is 22.8 Å². The fraction of sp³-hybridized carbons (Fsp3) is 0.200. The Labute approximate surface area is 206 Å². The molecule has 0 spiro atoms. The van der Waals surface area contributed by atoms with Crippen molar-refractivity contribution >= 4 is 32.6 Å². The van der Waals surface area contributed by atoms with Crippen molar-refractivity contribution < 1.29 is 26.8 Å². The topological polar surface area (TPSA) is 134 Å². The lowest BCUT2D eigenvalue weighted by Crippen LogP contribution is -2.16. The second-order valence-electron chi connectivity index (χ2n) is 8.36. The zero-order valence-corrected chi connectivity index (χ0v) is 20.8. The van der Waals surface area contributed by atoms with E-state index < -0.39 is 27.3 Å². The molecule has 0 atom stereocenters. The highest BCUT2D eigenvalue weighted by molar-refractivity contribution is 7.92. The molecule has 4 aromatic rings. The van der Waals surface area contributed by atoms with Crippen molar-refractivity contribution in [3.05, 3.63) is 75.7 Å². The third kappa shape index (κ3) is 4.69. The van der Waals surface area contributed by atoms with E-state index in [4.69, 9.17) is 14.9 Å². The Morgan fingerprint density at radius 1 is 1.14 bits per heavy atom. The number of pyridine rings is 1. The van der Waals surface area contributed by atoms with Gasteiger partial charge in [-0.1, -0.05) is 0 Å². The third-order valence-electron chi connectivity index (χ3n) is 5.66. The van der Waals surface area contributed by atoms with E-state index in [9.17, 15) is 22.4 Å². The number of nitrogens with two attached hydrogens (primary N) is 1. The van der Waals surface area contributed by atoms with Crippen LogP contribution in [0.4, 0.5) is 10.1 Å². The van der Waals surface area contributed by atoms with E-state index in [2.05, 4.69) is 4.72 Å². The molecule has 188 valence electrons. The first-order valence-corrected chi connectivity index (χ1v) is 12.6. The van der Waals surface area contributed by atoms with Gasteiger partial charge in [-0.3, -0.25) is 14.3 Å². The maximum atomic E-state index is 13.9. The lowest BCUT2D eigenvalue weighted by Gasteiger charge is -2.17. The number of anilines is 1. The molecular formula is C25H24FN3O6S. The second-order valence-corrected chi connectivity index (χ2v) is 10.4. The predicted molar refractivity (Wildman–Crippen MR) is 134 cm³/mol. The molecule has 11 heteroatoms. The summed E-state index contributed by atoms with van der Waals surface area (Å²) in [4.78, 5) is 24.5. The molecular weight excluding hydrogens is 489 g/mol. The number of carbonyl (C=O) groups excluding carboxylic acids is 1. The minimum atomic E-state index is -3.59. The van der Waals surface area contributed by atoms with E-state index in [0.717, 1.165) is 0 Å². The standard InChI is InChI=1S/C25H24FN3O6S/c1-5-36(32,33)28-16-6-7-20(34-22-13(2)8-15(26)9-14(22)3)17(10-16)19-12-29(4)25(31)23-18(19)11-21(35-23)24(27)30/h6-12,28H,5H2,1-4H3,(H2,27,30). The molecule has 0 radical (unpaired) electrons. The Morgan fingerprint density at radius 2 is 1.81 bits per heavy atom. The van der Waals surface area contributed by atoms with Gasteiger partial charge in [-0.2, -0.15) is 0 Å². The van der Waals surface area contributed by atoms with Crippen LogP contribution in [0.25, 0.3) is 22.1 Å². The summed E-state index contributed by atoms with van der Waals surface area (Å²) in [5.74, 6) is -0.871. The molecule has 2 aromatic heterocycles. The van der Waals surface area contributed by atoms with Crippen LogP contribution in [-0.4, -0.2) is 24.6 Å². The second kappa shape index (κ2) is 9.15. The van der Waals surface area contributed by atoms with Crippen molar-refractivity contribution in [2.75, 3.05) is 10.5 Å². The number of hydrogen-bond acceptors (Lipinski definition) is 6. The first kappa shape index (κ1) is 25.0. The first-order valence-electron chi connectivity index (χ1n) is 10.9. The number of hydrogen-bond donors (Lipinski definition) is 2. The summed E-state index contributed by atoms with van der Waals surface area (Å²) in [6.07, 6.45) is 1.52. The summed E-state index contributed by atoms with van der Waals surface area (Å²) in [5, 5.41) is 0.291. The summed E-state index contributed by atoms with van der Waals surface area (Å²) >= 11 is 0. The van der Waals surface area contributed by atoms with E-state index >= 15 is 0 Å². The van der Waals surface area contributed by atoms with Crippen LogP contribution in [0.15, 0.2) is 51.8 Å². The molecule has 0 aliphatic heterocycles. The van der Waals surface area contributed by atoms with Gasteiger partial charge in [-0.15, -0.1) is 0 Å². The Morgan fingerprint density at radius 3 is 2.42 bits per heavy atom. The van der Waals surface area contributed by atoms with Crippen molar-refractivity contribution in [3.63, 3.8) is 0 Å². The monoisotopic (exact) mass is 513 g/mol. The molecule has 0 aliphatic carbocycles. The zero-order chi connectivity index (χ0) is 26.4. The van der Waals surface area contributed by atoms with E-state index in [0.29, 0.717) is 39.1 Å². The molecule has 0 saturated heterocycles. The average molecular weight is 514 g/mol. The summed E-state index contributed by atoms with van der Waals surface area (Å²) < 4.78 is 53.7. The SMILES string of the molecule is CCS(=O)(=O)Nc1ccc(Oc2c(C)cc(F)cc2C)c(-c2cn(C)c(=O)c3oc(C(N)=O)cc23)c1. The number of aromatic nitrogens is 1. The number of rotatable bonds is 7. The van der Waals surface area contributed by atoms with Gasteiger partial charge in [0.1, 0.15) is 17.3 Å². The van der Waals surface area contributed by atoms with Crippen LogP contribution in [-0.2, 0) is 17.1 Å². The van der Waals surface area contributed by atoms with Crippen LogP contribution < -0.4 is 20.8 Å². The number of aryl methyl sites for hydroxylation is 3. The van der Waals surface area contributed by atoms with Crippen molar-refractivity contribution in [2.45, 2.75) is 20.8 Å². The summed E-state index contributed by atoms with van der Waals surface area (Å²) in [6.45, 7) is 4.91. The van der Waals surface area contributed by atoms with Crippen LogP contribution in [0.2, 0.25) is 0 Å². The number of furan rings is 1. The van der Waals surface area contributed by atoms with Crippen LogP contribution in [0.5, 0.6) is 11.5 Å². The van der Waals surface area contributed by atoms with Gasteiger partial charge in [-0.05, 0) is 68.3 Å². The molecule has 0 saturated carbocycles. The number of amides is 1. The van der Waals surface area contributed by atoms with Gasteiger partial charge in [0.05, 0.1) is 5.75 Å². The van der Waals surface area contributed by atoms with E-state index in [1.165, 1.54) is 49.0 Å². The van der Waals surface area contributed by atoms with Gasteiger partial charge in [0.15, 0.2) is 5.76 Å². The molecule has 9 nitrogen and oxygen atoms in total. The highest BCUT2D eigenvalue weighted by Gasteiger charge is 2.21. The molecule has 1 amide bonds. The number of nitrogens with one attached hydrogen (secondary N) is 1. The number of nitrogens with zero attached hydrogens (tertiary/aromatic N) is 1. The van der Waals surface area contributed by atoms with Gasteiger partial charge < -0.3 is 19.5 Å². The van der Waals surface area contributed by atoms with Gasteiger partial charge in [0.25, 0.3) is 11.5 Å². The maximum Gasteiger partial charge on any atom is 0.293 e. The molecule has 36 heavy (non-hydrogen) atoms. The number of benzene rings is 2. The quantitative estimate of drug-likeness (QED) is 0.380. The van der Waals surface area contributed by atoms with E-state index in [1.54, 1.807) is 26.0 Å². The molecule has 0 bridgehead atoms. The molecule has 3 N–H and O–H groups in total. The van der Waals surface area contributed by atoms with Crippen molar-refractivity contribution in [2.24, 2.45) is 12.8 Å². The maximum absolute atomic E-state index is 13.9. The average Bonchev–Trinajstić information content (AvgIpc) is 3.25. The molecule has 2 aromatic carbocycles.